The molecule has 1 atom stereocenters. The molecule has 3 rings (SSSR count). The van der Waals surface area contributed by atoms with Crippen molar-refractivity contribution in [2.24, 2.45) is 0 Å². The van der Waals surface area contributed by atoms with Gasteiger partial charge in [-0.1, -0.05) is 0 Å². The van der Waals surface area contributed by atoms with Crippen molar-refractivity contribution in [2.75, 3.05) is 20.3 Å². The number of ether oxygens (including phenoxy) is 1. The molecule has 100 valence electrons. The van der Waals surface area contributed by atoms with Gasteiger partial charge in [-0.3, -0.25) is 9.48 Å². The monoisotopic (exact) mass is 277 g/mol. The number of amides is 1. The minimum absolute atomic E-state index is 0.0785. The number of carbonyl (C=O) groups excluding carboxylic acids is 1. The zero-order valence-corrected chi connectivity index (χ0v) is 11.5. The maximum Gasteiger partial charge on any atom is 0.255 e. The lowest BCUT2D eigenvalue weighted by atomic mass is 10.1. The van der Waals surface area contributed by atoms with Gasteiger partial charge in [-0.25, -0.2) is 0 Å². The molecule has 0 N–H and O–H groups in total. The van der Waals surface area contributed by atoms with Gasteiger partial charge in [0, 0.05) is 25.2 Å². The number of nitrogens with zero attached hydrogens (tertiary/aromatic N) is 3. The van der Waals surface area contributed by atoms with Gasteiger partial charge in [0.25, 0.3) is 5.91 Å². The van der Waals surface area contributed by atoms with Crippen LogP contribution in [0.15, 0.2) is 29.1 Å². The van der Waals surface area contributed by atoms with E-state index in [0.717, 1.165) is 11.3 Å². The van der Waals surface area contributed by atoms with Crippen molar-refractivity contribution in [3.05, 3.63) is 40.3 Å². The van der Waals surface area contributed by atoms with Crippen LogP contribution >= 0.6 is 11.3 Å². The van der Waals surface area contributed by atoms with Crippen LogP contribution in [0.25, 0.3) is 0 Å². The predicted octanol–water partition coefficient (Wildman–Crippen LogP) is 1.79. The van der Waals surface area contributed by atoms with Gasteiger partial charge in [0.1, 0.15) is 0 Å². The van der Waals surface area contributed by atoms with E-state index in [9.17, 15) is 4.79 Å². The van der Waals surface area contributed by atoms with Crippen LogP contribution in [0.5, 0.6) is 0 Å². The summed E-state index contributed by atoms with van der Waals surface area (Å²) < 4.78 is 7.19. The lowest BCUT2D eigenvalue weighted by Crippen LogP contribution is -2.42. The van der Waals surface area contributed by atoms with E-state index in [4.69, 9.17) is 4.74 Å². The molecule has 1 amide bonds. The van der Waals surface area contributed by atoms with E-state index in [2.05, 4.69) is 5.10 Å². The summed E-state index contributed by atoms with van der Waals surface area (Å²) in [4.78, 5) is 14.3. The van der Waals surface area contributed by atoms with Gasteiger partial charge < -0.3 is 9.64 Å². The number of rotatable bonds is 3. The van der Waals surface area contributed by atoms with Gasteiger partial charge in [-0.05, 0) is 17.5 Å². The van der Waals surface area contributed by atoms with Crippen LogP contribution < -0.4 is 0 Å². The van der Waals surface area contributed by atoms with Gasteiger partial charge in [0.15, 0.2) is 0 Å². The second-order valence-electron chi connectivity index (χ2n) is 4.57. The molecule has 19 heavy (non-hydrogen) atoms. The van der Waals surface area contributed by atoms with Gasteiger partial charge in [-0.15, -0.1) is 0 Å². The zero-order chi connectivity index (χ0) is 13.2. The molecule has 3 heterocycles. The van der Waals surface area contributed by atoms with Crippen molar-refractivity contribution < 1.29 is 9.53 Å². The minimum atomic E-state index is 0.0785. The summed E-state index contributed by atoms with van der Waals surface area (Å²) in [6.45, 7) is 1.80. The second-order valence-corrected chi connectivity index (χ2v) is 5.35. The highest BCUT2D eigenvalue weighted by atomic mass is 32.1. The third-order valence-electron chi connectivity index (χ3n) is 3.30. The Morgan fingerprint density at radius 1 is 1.58 bits per heavy atom. The van der Waals surface area contributed by atoms with Crippen LogP contribution in [0.4, 0.5) is 0 Å². The van der Waals surface area contributed by atoms with Gasteiger partial charge in [0.05, 0.1) is 30.5 Å². The molecule has 5 nitrogen and oxygen atoms in total. The minimum Gasteiger partial charge on any atom is -0.382 e. The second kappa shape index (κ2) is 5.14. The summed E-state index contributed by atoms with van der Waals surface area (Å²) >= 11 is 1.54. The Hall–Kier alpha value is -1.66. The first kappa shape index (κ1) is 12.4. The number of thiophene rings is 1. The van der Waals surface area contributed by atoms with Crippen molar-refractivity contribution in [1.82, 2.24) is 14.7 Å². The molecule has 2 aromatic heterocycles. The Balaban J connectivity index is 1.84. The summed E-state index contributed by atoms with van der Waals surface area (Å²) in [5.74, 6) is 0.0785. The van der Waals surface area contributed by atoms with Crippen molar-refractivity contribution >= 4 is 17.2 Å². The topological polar surface area (TPSA) is 47.4 Å². The zero-order valence-electron chi connectivity index (χ0n) is 10.7. The van der Waals surface area contributed by atoms with Gasteiger partial charge in [-0.2, -0.15) is 16.4 Å². The fourth-order valence-corrected chi connectivity index (χ4v) is 3.06. The fourth-order valence-electron chi connectivity index (χ4n) is 2.43. The highest BCUT2D eigenvalue weighted by Crippen LogP contribution is 2.22. The summed E-state index contributed by atoms with van der Waals surface area (Å²) in [6.07, 6.45) is 1.77. The first-order valence-electron chi connectivity index (χ1n) is 6.12. The van der Waals surface area contributed by atoms with E-state index < -0.39 is 0 Å². The van der Waals surface area contributed by atoms with E-state index >= 15 is 0 Å². The Labute approximate surface area is 115 Å². The van der Waals surface area contributed by atoms with Crippen molar-refractivity contribution in [2.45, 2.75) is 12.6 Å². The molecule has 1 unspecified atom stereocenters. The van der Waals surface area contributed by atoms with Crippen LogP contribution in [-0.2, 0) is 11.3 Å². The summed E-state index contributed by atoms with van der Waals surface area (Å²) in [5.41, 5.74) is 1.81. The molecule has 2 aromatic rings. The normalized spacial score (nSPS) is 18.4. The molecule has 1 aliphatic rings. The Bertz CT molecular complexity index is 564. The van der Waals surface area contributed by atoms with Crippen LogP contribution in [-0.4, -0.2) is 40.8 Å². The quantitative estimate of drug-likeness (QED) is 0.859. The molecular weight excluding hydrogens is 262 g/mol. The summed E-state index contributed by atoms with van der Waals surface area (Å²) in [5, 5.41) is 8.13. The van der Waals surface area contributed by atoms with E-state index in [-0.39, 0.29) is 11.9 Å². The van der Waals surface area contributed by atoms with E-state index in [1.54, 1.807) is 24.6 Å². The highest BCUT2D eigenvalue weighted by molar-refractivity contribution is 7.08. The number of hydrogen-bond donors (Lipinski definition) is 0. The lowest BCUT2D eigenvalue weighted by molar-refractivity contribution is 0.0579. The van der Waals surface area contributed by atoms with E-state index in [0.29, 0.717) is 19.7 Å². The average Bonchev–Trinajstić information content (AvgIpc) is 3.09. The summed E-state index contributed by atoms with van der Waals surface area (Å²) in [6, 6.07) is 3.91. The molecule has 0 radical (unpaired) electrons. The van der Waals surface area contributed by atoms with Gasteiger partial charge in [0.2, 0.25) is 0 Å². The molecule has 0 aromatic carbocycles. The Morgan fingerprint density at radius 3 is 3.21 bits per heavy atom. The van der Waals surface area contributed by atoms with Gasteiger partial charge >= 0.3 is 0 Å². The maximum atomic E-state index is 12.4. The predicted molar refractivity (Wildman–Crippen MR) is 72.2 cm³/mol. The maximum absolute atomic E-state index is 12.4. The van der Waals surface area contributed by atoms with Crippen molar-refractivity contribution in [1.29, 1.82) is 0 Å². The number of carbonyl (C=O) groups is 1. The third kappa shape index (κ3) is 2.29. The molecule has 0 bridgehead atoms. The number of aromatic nitrogens is 2. The fraction of sp³-hybridized carbons (Fsp3) is 0.385. The molecule has 0 saturated heterocycles. The third-order valence-corrected chi connectivity index (χ3v) is 3.98. The Morgan fingerprint density at radius 2 is 2.47 bits per heavy atom. The van der Waals surface area contributed by atoms with Crippen LogP contribution in [0.2, 0.25) is 0 Å². The first-order valence-corrected chi connectivity index (χ1v) is 7.06. The molecule has 1 aliphatic heterocycles. The highest BCUT2D eigenvalue weighted by Gasteiger charge is 2.28. The first-order chi connectivity index (χ1) is 9.29. The SMILES string of the molecule is COCC1CN(C(=O)c2ccsc2)Cc2ccnn21. The van der Waals surface area contributed by atoms with Crippen molar-refractivity contribution in [3.8, 4) is 0 Å². The smallest absolute Gasteiger partial charge is 0.255 e. The van der Waals surface area contributed by atoms with E-state index in [1.807, 2.05) is 32.5 Å². The molecule has 0 saturated carbocycles. The van der Waals surface area contributed by atoms with Crippen LogP contribution in [0.3, 0.4) is 0 Å². The lowest BCUT2D eigenvalue weighted by Gasteiger charge is -2.33. The molecule has 6 heteroatoms. The summed E-state index contributed by atoms with van der Waals surface area (Å²) in [7, 11) is 1.67. The van der Waals surface area contributed by atoms with E-state index in [1.165, 1.54) is 0 Å². The largest absolute Gasteiger partial charge is 0.382 e. The molecule has 0 aliphatic carbocycles. The van der Waals surface area contributed by atoms with Crippen LogP contribution in [0.1, 0.15) is 22.1 Å². The van der Waals surface area contributed by atoms with Crippen LogP contribution in [0, 0.1) is 0 Å². The van der Waals surface area contributed by atoms with Crippen molar-refractivity contribution in [3.63, 3.8) is 0 Å². The molecule has 0 fully saturated rings. The Kier molecular flexibility index (Phi) is 3.35. The number of hydrogen-bond acceptors (Lipinski definition) is 4. The number of methoxy groups -OCH3 is 1. The standard InChI is InChI=1S/C13H15N3O2S/c1-18-8-12-7-15(6-11-2-4-14-16(11)12)13(17)10-3-5-19-9-10/h2-5,9,12H,6-8H2,1H3. The average molecular weight is 277 g/mol. The number of fused-ring (bicyclic) bond motifs is 1. The molecule has 0 spiro atoms. The molecular formula is C13H15N3O2S.